The number of aryl methyl sites for hydroxylation is 1. The molecule has 0 radical (unpaired) electrons. The monoisotopic (exact) mass is 288 g/mol. The normalized spacial score (nSPS) is 16.6. The van der Waals surface area contributed by atoms with E-state index in [4.69, 9.17) is 0 Å². The summed E-state index contributed by atoms with van der Waals surface area (Å²) in [5.74, 6) is -0.789. The van der Waals surface area contributed by atoms with Gasteiger partial charge in [-0.15, -0.1) is 0 Å². The summed E-state index contributed by atoms with van der Waals surface area (Å²) in [5, 5.41) is 10.3. The molecule has 3 rings (SSSR count). The van der Waals surface area contributed by atoms with Gasteiger partial charge in [0.05, 0.1) is 5.56 Å². The first-order valence-electron chi connectivity index (χ1n) is 7.30. The number of benzene rings is 2. The van der Waals surface area contributed by atoms with Gasteiger partial charge >= 0.3 is 0 Å². The van der Waals surface area contributed by atoms with Gasteiger partial charge in [-0.05, 0) is 48.4 Å². The van der Waals surface area contributed by atoms with Crippen LogP contribution < -0.4 is 0 Å². The van der Waals surface area contributed by atoms with E-state index in [1.54, 1.807) is 19.1 Å². The topological polar surface area (TPSA) is 20.2 Å². The van der Waals surface area contributed by atoms with Crippen molar-refractivity contribution in [3.8, 4) is 0 Å². The average Bonchev–Trinajstić information content (AvgIpc) is 2.42. The lowest BCUT2D eigenvalue weighted by Crippen LogP contribution is -2.10. The first-order valence-corrected chi connectivity index (χ1v) is 7.30. The first kappa shape index (κ1) is 14.2. The lowest BCUT2D eigenvalue weighted by atomic mass is 9.80. The molecule has 0 aliphatic heterocycles. The molecular formula is C18H18F2O. The fourth-order valence-corrected chi connectivity index (χ4v) is 2.79. The quantitative estimate of drug-likeness (QED) is 0.873. The van der Waals surface area contributed by atoms with E-state index in [-0.39, 0.29) is 5.56 Å². The Hall–Kier alpha value is -1.74. The summed E-state index contributed by atoms with van der Waals surface area (Å²) in [5.41, 5.74) is 1.81. The molecule has 1 nitrogen and oxygen atoms in total. The number of rotatable bonds is 3. The molecule has 0 bridgehead atoms. The molecule has 2 aromatic rings. The van der Waals surface area contributed by atoms with Crippen LogP contribution in [0.4, 0.5) is 8.78 Å². The summed E-state index contributed by atoms with van der Waals surface area (Å²) >= 11 is 0. The summed E-state index contributed by atoms with van der Waals surface area (Å²) in [6, 6.07) is 10.0. The minimum absolute atomic E-state index is 0.272. The predicted octanol–water partition coefficient (Wildman–Crippen LogP) is 4.62. The molecule has 1 saturated carbocycles. The molecular weight excluding hydrogens is 270 g/mol. The van der Waals surface area contributed by atoms with Gasteiger partial charge in [0.1, 0.15) is 17.7 Å². The van der Waals surface area contributed by atoms with Crippen LogP contribution in [0.5, 0.6) is 0 Å². The van der Waals surface area contributed by atoms with Gasteiger partial charge in [0.15, 0.2) is 0 Å². The summed E-state index contributed by atoms with van der Waals surface area (Å²) in [6.45, 7) is 1.56. The molecule has 1 atom stereocenters. The van der Waals surface area contributed by atoms with Crippen LogP contribution in [0.1, 0.15) is 53.5 Å². The molecule has 1 fully saturated rings. The Morgan fingerprint density at radius 3 is 2.29 bits per heavy atom. The molecule has 0 saturated heterocycles. The number of halogens is 2. The van der Waals surface area contributed by atoms with Crippen molar-refractivity contribution in [3.63, 3.8) is 0 Å². The van der Waals surface area contributed by atoms with Crippen molar-refractivity contribution in [2.75, 3.05) is 0 Å². The lowest BCUT2D eigenvalue weighted by molar-refractivity contribution is 0.208. The average molecular weight is 288 g/mol. The highest BCUT2D eigenvalue weighted by Gasteiger charge is 2.23. The van der Waals surface area contributed by atoms with Crippen molar-refractivity contribution in [1.29, 1.82) is 0 Å². The van der Waals surface area contributed by atoms with Crippen LogP contribution in [-0.2, 0) is 0 Å². The van der Waals surface area contributed by atoms with Gasteiger partial charge in [0.2, 0.25) is 0 Å². The van der Waals surface area contributed by atoms with E-state index < -0.39 is 17.7 Å². The number of aliphatic hydroxyl groups is 1. The Balaban J connectivity index is 1.91. The third-order valence-corrected chi connectivity index (χ3v) is 4.42. The first-order chi connectivity index (χ1) is 10.1. The second-order valence-electron chi connectivity index (χ2n) is 5.79. The molecule has 0 heterocycles. The zero-order valence-electron chi connectivity index (χ0n) is 11.9. The zero-order chi connectivity index (χ0) is 15.0. The van der Waals surface area contributed by atoms with Gasteiger partial charge in [-0.2, -0.15) is 0 Å². The summed E-state index contributed by atoms with van der Waals surface area (Å²) < 4.78 is 27.9. The largest absolute Gasteiger partial charge is 0.383 e. The Bertz CT molecular complexity index is 645. The van der Waals surface area contributed by atoms with E-state index in [0.29, 0.717) is 17.0 Å². The Kier molecular flexibility index (Phi) is 3.77. The number of hydrogen-bond acceptors (Lipinski definition) is 1. The van der Waals surface area contributed by atoms with Crippen molar-refractivity contribution in [2.45, 2.75) is 38.2 Å². The third kappa shape index (κ3) is 2.58. The molecule has 2 aromatic carbocycles. The van der Waals surface area contributed by atoms with E-state index in [1.807, 2.05) is 12.1 Å². The highest BCUT2D eigenvalue weighted by molar-refractivity contribution is 5.36. The van der Waals surface area contributed by atoms with Crippen LogP contribution >= 0.6 is 0 Å². The Morgan fingerprint density at radius 2 is 1.71 bits per heavy atom. The molecule has 1 aliphatic carbocycles. The maximum absolute atomic E-state index is 14.1. The van der Waals surface area contributed by atoms with Crippen molar-refractivity contribution < 1.29 is 13.9 Å². The summed E-state index contributed by atoms with van der Waals surface area (Å²) in [4.78, 5) is 0. The fraction of sp³-hybridized carbons (Fsp3) is 0.333. The van der Waals surface area contributed by atoms with E-state index in [0.717, 1.165) is 0 Å². The van der Waals surface area contributed by atoms with Crippen LogP contribution in [0.15, 0.2) is 36.4 Å². The SMILES string of the molecule is Cc1ccc(F)c(C(O)c2ccc(C3CCC3)cc2)c1F. The highest BCUT2D eigenvalue weighted by Crippen LogP contribution is 2.37. The van der Waals surface area contributed by atoms with Crippen LogP contribution in [0.25, 0.3) is 0 Å². The lowest BCUT2D eigenvalue weighted by Gasteiger charge is -2.26. The Labute approximate surface area is 123 Å². The summed E-state index contributed by atoms with van der Waals surface area (Å²) in [6.07, 6.45) is 2.38. The smallest absolute Gasteiger partial charge is 0.135 e. The van der Waals surface area contributed by atoms with E-state index in [2.05, 4.69) is 0 Å². The molecule has 1 aliphatic rings. The van der Waals surface area contributed by atoms with E-state index in [9.17, 15) is 13.9 Å². The molecule has 0 spiro atoms. The van der Waals surface area contributed by atoms with Crippen molar-refractivity contribution >= 4 is 0 Å². The number of hydrogen-bond donors (Lipinski definition) is 1. The van der Waals surface area contributed by atoms with Crippen LogP contribution in [-0.4, -0.2) is 5.11 Å². The second kappa shape index (κ2) is 5.57. The van der Waals surface area contributed by atoms with Crippen LogP contribution in [0, 0.1) is 18.6 Å². The molecule has 1 N–H and O–H groups in total. The summed E-state index contributed by atoms with van der Waals surface area (Å²) in [7, 11) is 0. The van der Waals surface area contributed by atoms with E-state index in [1.165, 1.54) is 37.0 Å². The fourth-order valence-electron chi connectivity index (χ4n) is 2.79. The molecule has 0 amide bonds. The van der Waals surface area contributed by atoms with Gasteiger partial charge in [-0.1, -0.05) is 36.8 Å². The van der Waals surface area contributed by atoms with Crippen LogP contribution in [0.2, 0.25) is 0 Å². The van der Waals surface area contributed by atoms with Crippen molar-refractivity contribution in [3.05, 3.63) is 70.3 Å². The second-order valence-corrected chi connectivity index (χ2v) is 5.79. The molecule has 1 unspecified atom stereocenters. The minimum Gasteiger partial charge on any atom is -0.383 e. The van der Waals surface area contributed by atoms with Gasteiger partial charge in [0.25, 0.3) is 0 Å². The van der Waals surface area contributed by atoms with Crippen LogP contribution in [0.3, 0.4) is 0 Å². The zero-order valence-corrected chi connectivity index (χ0v) is 11.9. The third-order valence-electron chi connectivity index (χ3n) is 4.42. The van der Waals surface area contributed by atoms with Gasteiger partial charge in [-0.25, -0.2) is 8.78 Å². The number of aliphatic hydroxyl groups excluding tert-OH is 1. The molecule has 110 valence electrons. The molecule has 0 aromatic heterocycles. The molecule has 21 heavy (non-hydrogen) atoms. The van der Waals surface area contributed by atoms with Crippen molar-refractivity contribution in [1.82, 2.24) is 0 Å². The Morgan fingerprint density at radius 1 is 1.05 bits per heavy atom. The standard InChI is InChI=1S/C18H18F2O/c1-11-5-10-15(19)16(17(11)20)18(21)14-8-6-13(7-9-14)12-3-2-4-12/h5-10,12,18,21H,2-4H2,1H3. The maximum Gasteiger partial charge on any atom is 0.135 e. The minimum atomic E-state index is -1.28. The van der Waals surface area contributed by atoms with Gasteiger partial charge in [0, 0.05) is 0 Å². The highest BCUT2D eigenvalue weighted by atomic mass is 19.1. The predicted molar refractivity (Wildman–Crippen MR) is 78.2 cm³/mol. The molecule has 3 heteroatoms. The van der Waals surface area contributed by atoms with E-state index >= 15 is 0 Å². The van der Waals surface area contributed by atoms with Gasteiger partial charge < -0.3 is 5.11 Å². The van der Waals surface area contributed by atoms with Gasteiger partial charge in [-0.3, -0.25) is 0 Å². The maximum atomic E-state index is 14.1. The van der Waals surface area contributed by atoms with Crippen molar-refractivity contribution in [2.24, 2.45) is 0 Å².